The van der Waals surface area contributed by atoms with Crippen molar-refractivity contribution >= 4 is 11.9 Å². The molecular weight excluding hydrogens is 707 g/mol. The third kappa shape index (κ3) is 43.5. The van der Waals surface area contributed by atoms with Crippen molar-refractivity contribution < 1.29 is 24.5 Å². The molecule has 0 aliphatic carbocycles. The quantitative estimate of drug-likeness (QED) is 0.0324. The maximum atomic E-state index is 12.4. The number of rotatable bonds is 45. The van der Waals surface area contributed by atoms with Gasteiger partial charge in [0.15, 0.2) is 0 Å². The molecule has 57 heavy (non-hydrogen) atoms. The first kappa shape index (κ1) is 55.1. The van der Waals surface area contributed by atoms with E-state index in [-0.39, 0.29) is 18.5 Å². The number of unbranched alkanes of at least 4 members (excludes halogenated alkanes) is 30. The number of nitrogens with one attached hydrogen (secondary N) is 1. The lowest BCUT2D eigenvalue weighted by molar-refractivity contribution is -0.143. The molecule has 0 aromatic heterocycles. The topological polar surface area (TPSA) is 95.9 Å². The standard InChI is InChI=1S/C51H95NO5/c1-3-5-7-9-11-13-15-16-17-18-19-20-21-22-24-27-31-35-39-43-49(54)48(47-53)52-50(55)44-40-36-32-28-25-26-30-34-38-42-46-57-51(56)45-41-37-33-29-23-14-12-10-8-6-4-2/h10,12,26,30,39,43,48-49,53-54H,3-9,11,13-25,27-29,31-38,40-42,44-47H2,1-2H3,(H,52,55)/b12-10-,30-26-,43-39+. The number of carbonyl (C=O) groups is 2. The fourth-order valence-electron chi connectivity index (χ4n) is 7.25. The number of ether oxygens (including phenoxy) is 1. The van der Waals surface area contributed by atoms with Crippen LogP contribution in [0.15, 0.2) is 36.5 Å². The summed E-state index contributed by atoms with van der Waals surface area (Å²) in [4.78, 5) is 24.4. The molecule has 0 aromatic rings. The molecule has 0 aliphatic heterocycles. The third-order valence-electron chi connectivity index (χ3n) is 11.1. The highest BCUT2D eigenvalue weighted by molar-refractivity contribution is 5.76. The zero-order valence-electron chi connectivity index (χ0n) is 37.8. The largest absolute Gasteiger partial charge is 0.466 e. The van der Waals surface area contributed by atoms with Gasteiger partial charge in [0.2, 0.25) is 5.91 Å². The molecule has 0 aromatic carbocycles. The van der Waals surface area contributed by atoms with Gasteiger partial charge in [0.05, 0.1) is 25.4 Å². The molecule has 0 saturated carbocycles. The maximum Gasteiger partial charge on any atom is 0.305 e. The molecule has 0 aliphatic rings. The molecule has 0 heterocycles. The second kappa shape index (κ2) is 46.8. The van der Waals surface area contributed by atoms with Crippen LogP contribution in [0.3, 0.4) is 0 Å². The van der Waals surface area contributed by atoms with E-state index in [0.29, 0.717) is 19.4 Å². The normalized spacial score (nSPS) is 13.0. The Morgan fingerprint density at radius 3 is 1.30 bits per heavy atom. The molecule has 0 fully saturated rings. The Hall–Kier alpha value is -1.92. The van der Waals surface area contributed by atoms with Crippen molar-refractivity contribution in [3.63, 3.8) is 0 Å². The van der Waals surface area contributed by atoms with Crippen molar-refractivity contribution in [3.05, 3.63) is 36.5 Å². The molecule has 0 rings (SSSR count). The number of allylic oxidation sites excluding steroid dienone is 5. The Bertz CT molecular complexity index is 931. The summed E-state index contributed by atoms with van der Waals surface area (Å²) in [5, 5.41) is 23.0. The lowest BCUT2D eigenvalue weighted by atomic mass is 10.0. The third-order valence-corrected chi connectivity index (χ3v) is 11.1. The summed E-state index contributed by atoms with van der Waals surface area (Å²) in [5.41, 5.74) is 0. The van der Waals surface area contributed by atoms with E-state index in [4.69, 9.17) is 4.74 Å². The van der Waals surface area contributed by atoms with Crippen LogP contribution in [0.4, 0.5) is 0 Å². The van der Waals surface area contributed by atoms with Crippen molar-refractivity contribution in [2.75, 3.05) is 13.2 Å². The van der Waals surface area contributed by atoms with Crippen LogP contribution in [-0.4, -0.2) is 47.4 Å². The van der Waals surface area contributed by atoms with Gasteiger partial charge in [-0.2, -0.15) is 0 Å². The monoisotopic (exact) mass is 802 g/mol. The van der Waals surface area contributed by atoms with Crippen molar-refractivity contribution in [1.29, 1.82) is 0 Å². The summed E-state index contributed by atoms with van der Waals surface area (Å²) in [6.45, 7) is 4.77. The van der Waals surface area contributed by atoms with Crippen LogP contribution < -0.4 is 5.32 Å². The minimum absolute atomic E-state index is 0.0500. The van der Waals surface area contributed by atoms with Gasteiger partial charge < -0.3 is 20.3 Å². The van der Waals surface area contributed by atoms with Crippen LogP contribution in [0.5, 0.6) is 0 Å². The van der Waals surface area contributed by atoms with Crippen LogP contribution in [-0.2, 0) is 14.3 Å². The minimum atomic E-state index is -0.867. The summed E-state index contributed by atoms with van der Waals surface area (Å²) >= 11 is 0. The molecule has 2 atom stereocenters. The van der Waals surface area contributed by atoms with Crippen LogP contribution in [0.2, 0.25) is 0 Å². The van der Waals surface area contributed by atoms with E-state index < -0.39 is 12.1 Å². The van der Waals surface area contributed by atoms with Crippen molar-refractivity contribution in [1.82, 2.24) is 5.32 Å². The van der Waals surface area contributed by atoms with E-state index in [2.05, 4.69) is 43.5 Å². The van der Waals surface area contributed by atoms with E-state index in [1.807, 2.05) is 6.08 Å². The first-order chi connectivity index (χ1) is 28.0. The first-order valence-electron chi connectivity index (χ1n) is 24.8. The highest BCUT2D eigenvalue weighted by Gasteiger charge is 2.18. The van der Waals surface area contributed by atoms with Crippen molar-refractivity contribution in [3.8, 4) is 0 Å². The van der Waals surface area contributed by atoms with Gasteiger partial charge in [-0.1, -0.05) is 198 Å². The molecule has 3 N–H and O–H groups in total. The Labute approximate surface area is 353 Å². The van der Waals surface area contributed by atoms with Gasteiger partial charge in [-0.05, 0) is 77.0 Å². The number of carbonyl (C=O) groups excluding carboxylic acids is 2. The van der Waals surface area contributed by atoms with Crippen LogP contribution >= 0.6 is 0 Å². The van der Waals surface area contributed by atoms with Crippen LogP contribution in [0, 0.1) is 0 Å². The Morgan fingerprint density at radius 1 is 0.474 bits per heavy atom. The van der Waals surface area contributed by atoms with Crippen molar-refractivity contribution in [2.45, 2.75) is 264 Å². The lowest BCUT2D eigenvalue weighted by Crippen LogP contribution is -2.45. The lowest BCUT2D eigenvalue weighted by Gasteiger charge is -2.20. The van der Waals surface area contributed by atoms with E-state index >= 15 is 0 Å². The molecule has 334 valence electrons. The molecule has 1 amide bonds. The molecular formula is C51H95NO5. The zero-order chi connectivity index (χ0) is 41.5. The Kier molecular flexibility index (Phi) is 45.2. The number of esters is 1. The average Bonchev–Trinajstić information content (AvgIpc) is 3.21. The van der Waals surface area contributed by atoms with Gasteiger partial charge in [0, 0.05) is 12.8 Å². The summed E-state index contributed by atoms with van der Waals surface area (Å²) in [6.07, 6.45) is 55.7. The fraction of sp³-hybridized carbons (Fsp3) is 0.843. The predicted octanol–water partition coefficient (Wildman–Crippen LogP) is 14.5. The SMILES string of the molecule is CCCC/C=C\CCCCCCCC(=O)OCCCC/C=C\CCCCCCC(=O)NC(CO)C(O)/C=C/CCCCCCCCCCCCCCCCCCC. The van der Waals surface area contributed by atoms with Gasteiger partial charge >= 0.3 is 5.97 Å². The molecule has 0 bridgehead atoms. The maximum absolute atomic E-state index is 12.4. The molecule has 2 unspecified atom stereocenters. The smallest absolute Gasteiger partial charge is 0.305 e. The zero-order valence-corrected chi connectivity index (χ0v) is 37.8. The van der Waals surface area contributed by atoms with Gasteiger partial charge in [-0.3, -0.25) is 9.59 Å². The van der Waals surface area contributed by atoms with Crippen molar-refractivity contribution in [2.24, 2.45) is 0 Å². The average molecular weight is 802 g/mol. The summed E-state index contributed by atoms with van der Waals surface area (Å²) in [6, 6.07) is -0.654. The summed E-state index contributed by atoms with van der Waals surface area (Å²) in [7, 11) is 0. The summed E-state index contributed by atoms with van der Waals surface area (Å²) < 4.78 is 5.40. The van der Waals surface area contributed by atoms with E-state index in [1.165, 1.54) is 148 Å². The Balaban J connectivity index is 3.59. The number of aliphatic hydroxyl groups excluding tert-OH is 2. The molecule has 6 heteroatoms. The molecule has 6 nitrogen and oxygen atoms in total. The van der Waals surface area contributed by atoms with E-state index in [1.54, 1.807) is 6.08 Å². The summed E-state index contributed by atoms with van der Waals surface area (Å²) in [5.74, 6) is -0.154. The van der Waals surface area contributed by atoms with Gasteiger partial charge in [0.25, 0.3) is 0 Å². The number of hydrogen-bond acceptors (Lipinski definition) is 5. The molecule has 0 spiro atoms. The van der Waals surface area contributed by atoms with Gasteiger partial charge in [-0.15, -0.1) is 0 Å². The first-order valence-corrected chi connectivity index (χ1v) is 24.8. The second-order valence-corrected chi connectivity index (χ2v) is 16.8. The van der Waals surface area contributed by atoms with Crippen LogP contribution in [0.25, 0.3) is 0 Å². The molecule has 0 saturated heterocycles. The highest BCUT2D eigenvalue weighted by atomic mass is 16.5. The van der Waals surface area contributed by atoms with E-state index in [0.717, 1.165) is 77.0 Å². The highest BCUT2D eigenvalue weighted by Crippen LogP contribution is 2.15. The van der Waals surface area contributed by atoms with Gasteiger partial charge in [-0.25, -0.2) is 0 Å². The number of amides is 1. The van der Waals surface area contributed by atoms with Crippen LogP contribution in [0.1, 0.15) is 251 Å². The number of hydrogen-bond donors (Lipinski definition) is 3. The predicted molar refractivity (Wildman–Crippen MR) is 246 cm³/mol. The minimum Gasteiger partial charge on any atom is -0.466 e. The fourth-order valence-corrected chi connectivity index (χ4v) is 7.25. The molecule has 0 radical (unpaired) electrons. The Morgan fingerprint density at radius 2 is 0.842 bits per heavy atom. The van der Waals surface area contributed by atoms with Gasteiger partial charge in [0.1, 0.15) is 0 Å². The van der Waals surface area contributed by atoms with E-state index in [9.17, 15) is 19.8 Å². The second-order valence-electron chi connectivity index (χ2n) is 16.8. The number of aliphatic hydroxyl groups is 2.